The number of aromatic nitrogens is 1. The number of pyridine rings is 1. The first-order chi connectivity index (χ1) is 13.4. The summed E-state index contributed by atoms with van der Waals surface area (Å²) >= 11 is 0. The molecule has 1 aliphatic rings. The zero-order valence-corrected chi connectivity index (χ0v) is 16.5. The number of nitrogens with one attached hydrogen (secondary N) is 1. The van der Waals surface area contributed by atoms with Crippen LogP contribution in [0.5, 0.6) is 0 Å². The number of sulfonamides is 1. The highest BCUT2D eigenvalue weighted by atomic mass is 32.2. The van der Waals surface area contributed by atoms with Crippen molar-refractivity contribution in [2.24, 2.45) is 5.10 Å². The minimum Gasteiger partial charge on any atom is -0.292 e. The lowest BCUT2D eigenvalue weighted by Crippen LogP contribution is -2.50. The molecule has 0 spiro atoms. The van der Waals surface area contributed by atoms with Crippen LogP contribution < -0.4 is 5.43 Å². The van der Waals surface area contributed by atoms with Gasteiger partial charge in [-0.3, -0.25) is 14.7 Å². The summed E-state index contributed by atoms with van der Waals surface area (Å²) in [6, 6.07) is 10.5. The summed E-state index contributed by atoms with van der Waals surface area (Å²) in [5.41, 5.74) is 4.28. The Morgan fingerprint density at radius 3 is 2.54 bits per heavy atom. The zero-order valence-electron chi connectivity index (χ0n) is 15.7. The number of nitrogens with zero attached hydrogens (tertiary/aromatic N) is 4. The summed E-state index contributed by atoms with van der Waals surface area (Å²) in [6.45, 7) is 3.77. The van der Waals surface area contributed by atoms with Crippen LogP contribution in [0.3, 0.4) is 0 Å². The Morgan fingerprint density at radius 2 is 1.89 bits per heavy atom. The van der Waals surface area contributed by atoms with Crippen LogP contribution in [0, 0.1) is 6.92 Å². The molecule has 0 unspecified atom stereocenters. The third-order valence-electron chi connectivity index (χ3n) is 4.44. The summed E-state index contributed by atoms with van der Waals surface area (Å²) in [5.74, 6) is -0.241. The van der Waals surface area contributed by atoms with Crippen LogP contribution in [0.4, 0.5) is 0 Å². The first-order valence-electron chi connectivity index (χ1n) is 8.96. The molecule has 0 saturated carbocycles. The number of benzene rings is 1. The molecule has 1 fully saturated rings. The average Bonchev–Trinajstić information content (AvgIpc) is 2.69. The van der Waals surface area contributed by atoms with Crippen LogP contribution >= 0.6 is 0 Å². The van der Waals surface area contributed by atoms with Gasteiger partial charge in [0.2, 0.25) is 10.0 Å². The Morgan fingerprint density at radius 1 is 1.18 bits per heavy atom. The highest BCUT2D eigenvalue weighted by Gasteiger charge is 2.28. The quantitative estimate of drug-likeness (QED) is 0.572. The Bertz CT molecular complexity index is 922. The van der Waals surface area contributed by atoms with E-state index >= 15 is 0 Å². The molecule has 8 nitrogen and oxygen atoms in total. The largest absolute Gasteiger partial charge is 0.292 e. The Hall–Kier alpha value is -2.62. The second-order valence-corrected chi connectivity index (χ2v) is 8.51. The van der Waals surface area contributed by atoms with Gasteiger partial charge in [0.1, 0.15) is 0 Å². The van der Waals surface area contributed by atoms with Gasteiger partial charge in [-0.25, -0.2) is 13.8 Å². The lowest BCUT2D eigenvalue weighted by Gasteiger charge is -2.33. The van der Waals surface area contributed by atoms with Crippen molar-refractivity contribution in [2.75, 3.05) is 32.7 Å². The van der Waals surface area contributed by atoms with E-state index < -0.39 is 10.0 Å². The minimum absolute atomic E-state index is 0.169. The molecule has 1 amide bonds. The van der Waals surface area contributed by atoms with Crippen molar-refractivity contribution in [2.45, 2.75) is 11.8 Å². The Kier molecular flexibility index (Phi) is 6.50. The summed E-state index contributed by atoms with van der Waals surface area (Å²) < 4.78 is 26.9. The molecule has 1 aromatic heterocycles. The van der Waals surface area contributed by atoms with Gasteiger partial charge in [0.25, 0.3) is 5.91 Å². The molecule has 0 radical (unpaired) electrons. The van der Waals surface area contributed by atoms with Gasteiger partial charge >= 0.3 is 0 Å². The number of hydrogen-bond donors (Lipinski definition) is 1. The van der Waals surface area contributed by atoms with E-state index in [2.05, 4.69) is 15.5 Å². The van der Waals surface area contributed by atoms with Crippen molar-refractivity contribution in [3.05, 3.63) is 59.9 Å². The standard InChI is InChI=1S/C19H23N5O3S/c1-16-4-6-18(7-5-16)28(26,27)24-11-9-23(10-12-24)15-19(25)22-21-14-17-3-2-8-20-13-17/h2-8,13-14H,9-12,15H2,1H3,(H,22,25)/b21-14-. The molecule has 1 N–H and O–H groups in total. The molecule has 3 rings (SSSR count). The SMILES string of the molecule is Cc1ccc(S(=O)(=O)N2CCN(CC(=O)N/N=C\c3cccnc3)CC2)cc1. The molecule has 0 bridgehead atoms. The molecule has 2 aromatic rings. The number of hydrazone groups is 1. The van der Waals surface area contributed by atoms with Crippen LogP contribution in [0.15, 0.2) is 58.8 Å². The first-order valence-corrected chi connectivity index (χ1v) is 10.4. The van der Waals surface area contributed by atoms with Gasteiger partial charge in [-0.05, 0) is 25.1 Å². The van der Waals surface area contributed by atoms with E-state index in [0.29, 0.717) is 31.1 Å². The maximum atomic E-state index is 12.7. The van der Waals surface area contributed by atoms with Crippen molar-refractivity contribution >= 4 is 22.1 Å². The van der Waals surface area contributed by atoms with Crippen molar-refractivity contribution in [1.29, 1.82) is 0 Å². The highest BCUT2D eigenvalue weighted by Crippen LogP contribution is 2.18. The number of piperazine rings is 1. The third kappa shape index (κ3) is 5.22. The molecule has 1 saturated heterocycles. The summed E-state index contributed by atoms with van der Waals surface area (Å²) in [7, 11) is -3.50. The summed E-state index contributed by atoms with van der Waals surface area (Å²) in [6.07, 6.45) is 4.83. The monoisotopic (exact) mass is 401 g/mol. The second-order valence-electron chi connectivity index (χ2n) is 6.57. The number of carbonyl (C=O) groups excluding carboxylic acids is 1. The van der Waals surface area contributed by atoms with Gasteiger partial charge in [0, 0.05) is 44.1 Å². The van der Waals surface area contributed by atoms with Gasteiger partial charge in [-0.15, -0.1) is 0 Å². The van der Waals surface area contributed by atoms with E-state index in [1.807, 2.05) is 17.9 Å². The van der Waals surface area contributed by atoms with E-state index in [1.54, 1.807) is 42.7 Å². The normalized spacial score (nSPS) is 16.3. The minimum atomic E-state index is -3.50. The van der Waals surface area contributed by atoms with Crippen molar-refractivity contribution in [1.82, 2.24) is 19.6 Å². The second kappa shape index (κ2) is 9.05. The smallest absolute Gasteiger partial charge is 0.254 e. The molecule has 9 heteroatoms. The Balaban J connectivity index is 1.48. The van der Waals surface area contributed by atoms with E-state index in [-0.39, 0.29) is 12.5 Å². The lowest BCUT2D eigenvalue weighted by molar-refractivity contribution is -0.122. The fourth-order valence-corrected chi connectivity index (χ4v) is 4.28. The molecule has 28 heavy (non-hydrogen) atoms. The molecule has 0 aliphatic carbocycles. The first kappa shape index (κ1) is 20.1. The Labute approximate surface area is 164 Å². The predicted molar refractivity (Wildman–Crippen MR) is 106 cm³/mol. The van der Waals surface area contributed by atoms with Crippen molar-refractivity contribution < 1.29 is 13.2 Å². The highest BCUT2D eigenvalue weighted by molar-refractivity contribution is 7.89. The van der Waals surface area contributed by atoms with Crippen LogP contribution in [-0.2, 0) is 14.8 Å². The number of aryl methyl sites for hydroxylation is 1. The van der Waals surface area contributed by atoms with Crippen LogP contribution in [0.1, 0.15) is 11.1 Å². The molecule has 2 heterocycles. The lowest BCUT2D eigenvalue weighted by atomic mass is 10.2. The van der Waals surface area contributed by atoms with Gasteiger partial charge in [-0.1, -0.05) is 23.8 Å². The summed E-state index contributed by atoms with van der Waals surface area (Å²) in [5, 5.41) is 3.91. The number of amides is 1. The van der Waals surface area contributed by atoms with Crippen LogP contribution in [0.25, 0.3) is 0 Å². The molecular weight excluding hydrogens is 378 g/mol. The predicted octanol–water partition coefficient (Wildman–Crippen LogP) is 0.847. The summed E-state index contributed by atoms with van der Waals surface area (Å²) in [4.78, 5) is 18.2. The van der Waals surface area contributed by atoms with E-state index in [9.17, 15) is 13.2 Å². The zero-order chi connectivity index (χ0) is 20.0. The number of carbonyl (C=O) groups is 1. The van der Waals surface area contributed by atoms with Crippen LogP contribution in [-0.4, -0.2) is 67.5 Å². The molecule has 0 atom stereocenters. The fraction of sp³-hybridized carbons (Fsp3) is 0.316. The fourth-order valence-electron chi connectivity index (χ4n) is 2.86. The van der Waals surface area contributed by atoms with E-state index in [4.69, 9.17) is 0 Å². The third-order valence-corrected chi connectivity index (χ3v) is 6.36. The van der Waals surface area contributed by atoms with E-state index in [0.717, 1.165) is 11.1 Å². The molecule has 148 valence electrons. The van der Waals surface area contributed by atoms with Gasteiger partial charge in [0.15, 0.2) is 0 Å². The van der Waals surface area contributed by atoms with E-state index in [1.165, 1.54) is 10.5 Å². The molecular formula is C19H23N5O3S. The maximum Gasteiger partial charge on any atom is 0.254 e. The van der Waals surface area contributed by atoms with Crippen molar-refractivity contribution in [3.8, 4) is 0 Å². The number of rotatable bonds is 6. The molecule has 1 aliphatic heterocycles. The van der Waals surface area contributed by atoms with Crippen molar-refractivity contribution in [3.63, 3.8) is 0 Å². The van der Waals surface area contributed by atoms with Gasteiger partial charge in [-0.2, -0.15) is 9.41 Å². The van der Waals surface area contributed by atoms with Gasteiger partial charge in [0.05, 0.1) is 17.7 Å². The van der Waals surface area contributed by atoms with Crippen LogP contribution in [0.2, 0.25) is 0 Å². The number of hydrogen-bond acceptors (Lipinski definition) is 6. The average molecular weight is 401 g/mol. The topological polar surface area (TPSA) is 95.0 Å². The van der Waals surface area contributed by atoms with Gasteiger partial charge < -0.3 is 0 Å². The molecule has 1 aromatic carbocycles. The maximum absolute atomic E-state index is 12.7.